The maximum Gasteiger partial charge on any atom is 0.355 e. The summed E-state index contributed by atoms with van der Waals surface area (Å²) in [6.07, 6.45) is 0. The van der Waals surface area contributed by atoms with E-state index in [0.29, 0.717) is 9.26 Å². The van der Waals surface area contributed by atoms with Gasteiger partial charge in [0.25, 0.3) is 0 Å². The molecule has 1 aromatic carbocycles. The second kappa shape index (κ2) is 7.45. The van der Waals surface area contributed by atoms with Crippen LogP contribution < -0.4 is 4.90 Å². The van der Waals surface area contributed by atoms with Crippen molar-refractivity contribution in [2.45, 2.75) is 0 Å². The molecule has 0 aromatic heterocycles. The van der Waals surface area contributed by atoms with E-state index < -0.39 is 17.8 Å². The van der Waals surface area contributed by atoms with Crippen molar-refractivity contribution < 1.29 is 28.2 Å². The highest BCUT2D eigenvalue weighted by molar-refractivity contribution is 14.1. The number of nitrogens with zero attached hydrogens (tertiary/aromatic N) is 1. The molecule has 0 spiro atoms. The van der Waals surface area contributed by atoms with E-state index >= 15 is 0 Å². The smallest absolute Gasteiger partial charge is 0.355 e. The van der Waals surface area contributed by atoms with Crippen molar-refractivity contribution >= 4 is 51.8 Å². The molecule has 9 heteroatoms. The quantitative estimate of drug-likeness (QED) is 0.396. The lowest BCUT2D eigenvalue weighted by atomic mass is 10.1. The van der Waals surface area contributed by atoms with E-state index in [2.05, 4.69) is 4.74 Å². The van der Waals surface area contributed by atoms with Crippen LogP contribution in [0.5, 0.6) is 0 Å². The van der Waals surface area contributed by atoms with Crippen LogP contribution in [0.4, 0.5) is 10.1 Å². The molecule has 2 rings (SSSR count). The fourth-order valence-corrected chi connectivity index (χ4v) is 2.76. The summed E-state index contributed by atoms with van der Waals surface area (Å²) in [4.78, 5) is 25.4. The number of ether oxygens (including phenoxy) is 3. The SMILES string of the molecule is COC(=O)C1=C(C(=O)OC)N(c2cc(I)c(F)cc2Cl)COC1. The molecule has 0 fully saturated rings. The van der Waals surface area contributed by atoms with Crippen molar-refractivity contribution in [3.8, 4) is 0 Å². The Bertz CT molecular complexity index is 694. The van der Waals surface area contributed by atoms with Crippen LogP contribution in [-0.2, 0) is 23.8 Å². The third-order valence-electron chi connectivity index (χ3n) is 3.11. The van der Waals surface area contributed by atoms with Gasteiger partial charge < -0.3 is 19.1 Å². The first-order valence-corrected chi connectivity index (χ1v) is 7.76. The predicted molar refractivity (Wildman–Crippen MR) is 88.5 cm³/mol. The molecule has 0 saturated carbocycles. The van der Waals surface area contributed by atoms with Gasteiger partial charge in [-0.3, -0.25) is 0 Å². The van der Waals surface area contributed by atoms with Crippen LogP contribution in [0.15, 0.2) is 23.4 Å². The second-order valence-corrected chi connectivity index (χ2v) is 6.00. The van der Waals surface area contributed by atoms with Crippen molar-refractivity contribution in [2.24, 2.45) is 0 Å². The number of hydrogen-bond donors (Lipinski definition) is 0. The van der Waals surface area contributed by atoms with E-state index in [4.69, 9.17) is 21.1 Å². The largest absolute Gasteiger partial charge is 0.466 e. The highest BCUT2D eigenvalue weighted by Crippen LogP contribution is 2.34. The standard InChI is InChI=1S/C14H12ClFINO5/c1-21-13(19)7-5-23-6-18(12(7)14(20)22-2)11-4-10(17)9(16)3-8(11)15/h3-4H,5-6H2,1-2H3. The summed E-state index contributed by atoms with van der Waals surface area (Å²) in [7, 11) is 2.38. The maximum atomic E-state index is 13.6. The molecular weight excluding hydrogens is 444 g/mol. The van der Waals surface area contributed by atoms with Crippen molar-refractivity contribution in [1.82, 2.24) is 0 Å². The molecule has 1 aliphatic rings. The van der Waals surface area contributed by atoms with Crippen LogP contribution in [0.3, 0.4) is 0 Å². The van der Waals surface area contributed by atoms with Crippen LogP contribution in [0.2, 0.25) is 5.02 Å². The molecule has 1 aromatic rings. The highest BCUT2D eigenvalue weighted by Gasteiger charge is 2.33. The van der Waals surface area contributed by atoms with Crippen molar-refractivity contribution in [1.29, 1.82) is 0 Å². The molecule has 1 aliphatic heterocycles. The predicted octanol–water partition coefficient (Wildman–Crippen LogP) is 2.48. The Kier molecular flexibility index (Phi) is 5.82. The molecule has 0 radical (unpaired) electrons. The minimum absolute atomic E-state index is 0.000926. The topological polar surface area (TPSA) is 65.1 Å². The van der Waals surface area contributed by atoms with Gasteiger partial charge in [-0.2, -0.15) is 0 Å². The number of carbonyl (C=O) groups excluding carboxylic acids is 2. The van der Waals surface area contributed by atoms with E-state index in [9.17, 15) is 14.0 Å². The first-order chi connectivity index (χ1) is 10.9. The zero-order chi connectivity index (χ0) is 17.1. The van der Waals surface area contributed by atoms with Gasteiger partial charge in [0.15, 0.2) is 0 Å². The van der Waals surface area contributed by atoms with Crippen LogP contribution in [0, 0.1) is 9.39 Å². The number of anilines is 1. The zero-order valence-corrected chi connectivity index (χ0v) is 15.1. The zero-order valence-electron chi connectivity index (χ0n) is 12.2. The molecule has 0 atom stereocenters. The summed E-state index contributed by atoms with van der Waals surface area (Å²) >= 11 is 7.88. The highest BCUT2D eigenvalue weighted by atomic mass is 127. The summed E-state index contributed by atoms with van der Waals surface area (Å²) in [6, 6.07) is 2.57. The number of hydrogen-bond acceptors (Lipinski definition) is 6. The first kappa shape index (κ1) is 18.0. The Balaban J connectivity index is 2.62. The number of esters is 2. The van der Waals surface area contributed by atoms with Crippen LogP contribution in [0.1, 0.15) is 0 Å². The number of carbonyl (C=O) groups is 2. The molecule has 0 amide bonds. The van der Waals surface area contributed by atoms with Crippen LogP contribution in [-0.4, -0.2) is 39.5 Å². The van der Waals surface area contributed by atoms with E-state index in [-0.39, 0.29) is 29.6 Å². The minimum Gasteiger partial charge on any atom is -0.466 e. The summed E-state index contributed by atoms with van der Waals surface area (Å²) < 4.78 is 28.6. The maximum absolute atomic E-state index is 13.6. The van der Waals surface area contributed by atoms with Gasteiger partial charge in [0.05, 0.1) is 40.7 Å². The molecular formula is C14H12ClFINO5. The fraction of sp³-hybridized carbons (Fsp3) is 0.286. The van der Waals surface area contributed by atoms with Gasteiger partial charge in [0.2, 0.25) is 0 Å². The molecule has 0 bridgehead atoms. The average Bonchev–Trinajstić information content (AvgIpc) is 2.56. The molecule has 23 heavy (non-hydrogen) atoms. The van der Waals surface area contributed by atoms with Gasteiger partial charge in [-0.1, -0.05) is 11.6 Å². The summed E-state index contributed by atoms with van der Waals surface area (Å²) in [5.74, 6) is -1.96. The number of benzene rings is 1. The van der Waals surface area contributed by atoms with Crippen molar-refractivity contribution in [3.63, 3.8) is 0 Å². The Hall–Kier alpha value is -1.39. The van der Waals surface area contributed by atoms with Gasteiger partial charge in [-0.25, -0.2) is 14.0 Å². The lowest BCUT2D eigenvalue weighted by molar-refractivity contribution is -0.140. The Morgan fingerprint density at radius 2 is 1.96 bits per heavy atom. The molecule has 0 saturated heterocycles. The average molecular weight is 456 g/mol. The molecule has 0 unspecified atom stereocenters. The fourth-order valence-electron chi connectivity index (χ4n) is 2.05. The van der Waals surface area contributed by atoms with Crippen molar-refractivity contribution in [2.75, 3.05) is 32.5 Å². The van der Waals surface area contributed by atoms with E-state index in [1.54, 1.807) is 22.6 Å². The van der Waals surface area contributed by atoms with Crippen LogP contribution in [0.25, 0.3) is 0 Å². The Morgan fingerprint density at radius 3 is 2.57 bits per heavy atom. The van der Waals surface area contributed by atoms with Crippen LogP contribution >= 0.6 is 34.2 Å². The minimum atomic E-state index is -0.746. The third-order valence-corrected chi connectivity index (χ3v) is 4.24. The van der Waals surface area contributed by atoms with Gasteiger partial charge in [0.1, 0.15) is 18.2 Å². The lowest BCUT2D eigenvalue weighted by Gasteiger charge is -2.32. The normalized spacial score (nSPS) is 14.7. The summed E-state index contributed by atoms with van der Waals surface area (Å²) in [5, 5.41) is 0.0686. The first-order valence-electron chi connectivity index (χ1n) is 6.30. The van der Waals surface area contributed by atoms with Gasteiger partial charge in [-0.05, 0) is 34.7 Å². The number of methoxy groups -OCH3 is 2. The number of rotatable bonds is 3. The van der Waals surface area contributed by atoms with E-state index in [1.807, 2.05) is 0 Å². The van der Waals surface area contributed by atoms with Crippen molar-refractivity contribution in [3.05, 3.63) is 37.8 Å². The molecule has 0 N–H and O–H groups in total. The summed E-state index contributed by atoms with van der Waals surface area (Å²) in [5.41, 5.74) is 0.273. The van der Waals surface area contributed by atoms with Gasteiger partial charge >= 0.3 is 11.9 Å². The van der Waals surface area contributed by atoms with Gasteiger partial charge in [0, 0.05) is 0 Å². The molecule has 124 valence electrons. The molecule has 0 aliphatic carbocycles. The Morgan fingerprint density at radius 1 is 1.30 bits per heavy atom. The molecule has 1 heterocycles. The van der Waals surface area contributed by atoms with E-state index in [1.165, 1.54) is 25.2 Å². The summed E-state index contributed by atoms with van der Waals surface area (Å²) in [6.45, 7) is -0.157. The lowest BCUT2D eigenvalue weighted by Crippen LogP contribution is -2.39. The monoisotopic (exact) mass is 455 g/mol. The Labute approximate surface area is 150 Å². The number of halogens is 3. The second-order valence-electron chi connectivity index (χ2n) is 4.43. The van der Waals surface area contributed by atoms with Gasteiger partial charge in [-0.15, -0.1) is 0 Å². The third kappa shape index (κ3) is 3.59. The molecule has 6 nitrogen and oxygen atoms in total. The van der Waals surface area contributed by atoms with E-state index in [0.717, 1.165) is 6.07 Å².